The van der Waals surface area contributed by atoms with Crippen LogP contribution in [0.15, 0.2) is 59.6 Å². The predicted molar refractivity (Wildman–Crippen MR) is 125 cm³/mol. The first-order chi connectivity index (χ1) is 15.3. The van der Waals surface area contributed by atoms with Crippen LogP contribution < -0.4 is 5.32 Å². The number of nitrogens with zero attached hydrogens (tertiary/aromatic N) is 4. The number of hydrogen-bond acceptors (Lipinski definition) is 5. The first-order valence-corrected chi connectivity index (χ1v) is 12.3. The molecule has 32 heavy (non-hydrogen) atoms. The quantitative estimate of drug-likeness (QED) is 0.618. The third-order valence-corrected chi connectivity index (χ3v) is 7.86. The topological polar surface area (TPSA) is 87.5 Å². The second-order valence-corrected chi connectivity index (χ2v) is 10.3. The summed E-state index contributed by atoms with van der Waals surface area (Å²) in [6, 6.07) is 14.5. The van der Waals surface area contributed by atoms with E-state index in [4.69, 9.17) is 0 Å². The van der Waals surface area contributed by atoms with E-state index in [1.165, 1.54) is 4.31 Å². The van der Waals surface area contributed by atoms with Gasteiger partial charge < -0.3 is 5.32 Å². The Kier molecular flexibility index (Phi) is 6.32. The lowest BCUT2D eigenvalue weighted by atomic mass is 10.1. The van der Waals surface area contributed by atoms with E-state index in [2.05, 4.69) is 10.4 Å². The summed E-state index contributed by atoms with van der Waals surface area (Å²) in [5.41, 5.74) is 0. The van der Waals surface area contributed by atoms with Crippen LogP contribution in [0.4, 0.5) is 5.82 Å². The molecule has 0 radical (unpaired) electrons. The van der Waals surface area contributed by atoms with Gasteiger partial charge in [0, 0.05) is 38.3 Å². The van der Waals surface area contributed by atoms with Gasteiger partial charge >= 0.3 is 0 Å². The largest absolute Gasteiger partial charge is 0.310 e. The highest BCUT2D eigenvalue weighted by Crippen LogP contribution is 2.23. The highest BCUT2D eigenvalue weighted by molar-refractivity contribution is 7.89. The van der Waals surface area contributed by atoms with Gasteiger partial charge in [-0.05, 0) is 43.7 Å². The van der Waals surface area contributed by atoms with Crippen LogP contribution in [0, 0.1) is 0 Å². The fourth-order valence-electron chi connectivity index (χ4n) is 4.03. The van der Waals surface area contributed by atoms with Crippen molar-refractivity contribution in [1.82, 2.24) is 19.0 Å². The van der Waals surface area contributed by atoms with Crippen LogP contribution in [0.5, 0.6) is 0 Å². The number of hydrogen-bond donors (Lipinski definition) is 1. The fourth-order valence-corrected chi connectivity index (χ4v) is 5.49. The molecule has 2 heterocycles. The van der Waals surface area contributed by atoms with Crippen molar-refractivity contribution in [3.8, 4) is 0 Å². The van der Waals surface area contributed by atoms with Gasteiger partial charge in [0.05, 0.1) is 17.1 Å². The standard InChI is InChI=1S/C23H29N5O3S/c1-17(2)28-22(10-11-24-28)25-23(29)18(3)26-12-14-27(15-13-26)32(30,31)21-9-8-19-6-4-5-7-20(19)16-21/h4-11,16-18H,12-15H2,1-3H3,(H,25,29). The van der Waals surface area contributed by atoms with Crippen LogP contribution in [0.1, 0.15) is 26.8 Å². The van der Waals surface area contributed by atoms with Gasteiger partial charge in [0.2, 0.25) is 15.9 Å². The fraction of sp³-hybridized carbons (Fsp3) is 0.391. The highest BCUT2D eigenvalue weighted by atomic mass is 32.2. The van der Waals surface area contributed by atoms with E-state index in [0.29, 0.717) is 36.9 Å². The molecule has 1 aliphatic heterocycles. The SMILES string of the molecule is CC(C(=O)Nc1ccnn1C(C)C)N1CCN(S(=O)(=O)c2ccc3ccccc3c2)CC1. The zero-order valence-corrected chi connectivity index (χ0v) is 19.4. The second kappa shape index (κ2) is 9.01. The van der Waals surface area contributed by atoms with Crippen molar-refractivity contribution in [1.29, 1.82) is 0 Å². The molecule has 0 spiro atoms. The number of piperazine rings is 1. The molecule has 9 heteroatoms. The van der Waals surface area contributed by atoms with Crippen molar-refractivity contribution in [2.24, 2.45) is 0 Å². The Morgan fingerprint density at radius 3 is 2.34 bits per heavy atom. The average Bonchev–Trinajstić information content (AvgIpc) is 3.26. The summed E-state index contributed by atoms with van der Waals surface area (Å²) in [5.74, 6) is 0.535. The maximum Gasteiger partial charge on any atom is 0.243 e. The highest BCUT2D eigenvalue weighted by Gasteiger charge is 2.32. The normalized spacial score (nSPS) is 17.0. The summed E-state index contributed by atoms with van der Waals surface area (Å²) in [7, 11) is -3.58. The van der Waals surface area contributed by atoms with Gasteiger partial charge in [0.25, 0.3) is 0 Å². The second-order valence-electron chi connectivity index (χ2n) is 8.37. The molecular weight excluding hydrogens is 426 g/mol. The molecule has 1 aliphatic rings. The Morgan fingerprint density at radius 1 is 0.969 bits per heavy atom. The molecule has 0 saturated carbocycles. The van der Waals surface area contributed by atoms with Crippen LogP contribution in [0.25, 0.3) is 10.8 Å². The predicted octanol–water partition coefficient (Wildman–Crippen LogP) is 2.95. The van der Waals surface area contributed by atoms with Crippen LogP contribution in [-0.2, 0) is 14.8 Å². The molecule has 1 N–H and O–H groups in total. The van der Waals surface area contributed by atoms with Gasteiger partial charge in [-0.25, -0.2) is 13.1 Å². The van der Waals surface area contributed by atoms with Crippen LogP contribution in [0.2, 0.25) is 0 Å². The summed E-state index contributed by atoms with van der Waals surface area (Å²) in [6.45, 7) is 7.52. The Hall–Kier alpha value is -2.75. The van der Waals surface area contributed by atoms with Gasteiger partial charge in [-0.3, -0.25) is 9.69 Å². The van der Waals surface area contributed by atoms with Gasteiger partial charge in [-0.15, -0.1) is 0 Å². The molecule has 1 amide bonds. The average molecular weight is 456 g/mol. The summed E-state index contributed by atoms with van der Waals surface area (Å²) in [5, 5.41) is 9.09. The van der Waals surface area contributed by atoms with Crippen molar-refractivity contribution in [3.05, 3.63) is 54.7 Å². The molecule has 1 fully saturated rings. The number of anilines is 1. The number of carbonyl (C=O) groups excluding carboxylic acids is 1. The molecule has 1 atom stereocenters. The molecule has 3 aromatic rings. The molecule has 170 valence electrons. The lowest BCUT2D eigenvalue weighted by Gasteiger charge is -2.36. The summed E-state index contributed by atoms with van der Waals surface area (Å²) < 4.78 is 29.6. The minimum atomic E-state index is -3.58. The van der Waals surface area contributed by atoms with Gasteiger partial charge in [0.1, 0.15) is 5.82 Å². The summed E-state index contributed by atoms with van der Waals surface area (Å²) in [4.78, 5) is 15.1. The van der Waals surface area contributed by atoms with Gasteiger partial charge in [-0.2, -0.15) is 9.40 Å². The van der Waals surface area contributed by atoms with E-state index in [9.17, 15) is 13.2 Å². The molecule has 8 nitrogen and oxygen atoms in total. The molecule has 1 unspecified atom stereocenters. The zero-order valence-electron chi connectivity index (χ0n) is 18.6. The van der Waals surface area contributed by atoms with Crippen LogP contribution in [0.3, 0.4) is 0 Å². The Labute approximate surface area is 188 Å². The van der Waals surface area contributed by atoms with E-state index in [1.807, 2.05) is 56.0 Å². The first-order valence-electron chi connectivity index (χ1n) is 10.8. The smallest absolute Gasteiger partial charge is 0.243 e. The molecule has 1 saturated heterocycles. The van der Waals surface area contributed by atoms with Crippen LogP contribution in [-0.4, -0.2) is 65.5 Å². The van der Waals surface area contributed by atoms with Crippen molar-refractivity contribution >= 4 is 32.5 Å². The van der Waals surface area contributed by atoms with E-state index >= 15 is 0 Å². The van der Waals surface area contributed by atoms with Crippen molar-refractivity contribution < 1.29 is 13.2 Å². The van der Waals surface area contributed by atoms with Gasteiger partial charge in [-0.1, -0.05) is 30.3 Å². The molecule has 1 aromatic heterocycles. The Morgan fingerprint density at radius 2 is 1.66 bits per heavy atom. The number of carbonyl (C=O) groups is 1. The minimum Gasteiger partial charge on any atom is -0.310 e. The van der Waals surface area contributed by atoms with Gasteiger partial charge in [0.15, 0.2) is 0 Å². The lowest BCUT2D eigenvalue weighted by molar-refractivity contribution is -0.121. The minimum absolute atomic E-state index is 0.127. The monoisotopic (exact) mass is 455 g/mol. The number of fused-ring (bicyclic) bond motifs is 1. The van der Waals surface area contributed by atoms with Crippen molar-refractivity contribution in [2.75, 3.05) is 31.5 Å². The zero-order chi connectivity index (χ0) is 22.9. The Balaban J connectivity index is 1.40. The third kappa shape index (κ3) is 4.41. The molecule has 4 rings (SSSR count). The Bertz CT molecular complexity index is 1210. The maximum absolute atomic E-state index is 13.2. The third-order valence-electron chi connectivity index (χ3n) is 5.97. The number of nitrogens with one attached hydrogen (secondary N) is 1. The molecule has 0 aliphatic carbocycles. The summed E-state index contributed by atoms with van der Waals surface area (Å²) in [6.07, 6.45) is 1.66. The number of rotatable bonds is 6. The van der Waals surface area contributed by atoms with E-state index in [0.717, 1.165) is 10.8 Å². The summed E-state index contributed by atoms with van der Waals surface area (Å²) >= 11 is 0. The molecule has 0 bridgehead atoms. The van der Waals surface area contributed by atoms with E-state index in [-0.39, 0.29) is 18.0 Å². The number of amides is 1. The number of aromatic nitrogens is 2. The molecule has 2 aromatic carbocycles. The number of benzene rings is 2. The maximum atomic E-state index is 13.2. The van der Waals surface area contributed by atoms with E-state index in [1.54, 1.807) is 29.1 Å². The molecular formula is C23H29N5O3S. The number of sulfonamides is 1. The van der Waals surface area contributed by atoms with Crippen molar-refractivity contribution in [2.45, 2.75) is 37.8 Å². The lowest BCUT2D eigenvalue weighted by Crippen LogP contribution is -2.54. The first kappa shape index (κ1) is 22.4. The van der Waals surface area contributed by atoms with Crippen LogP contribution >= 0.6 is 0 Å². The van der Waals surface area contributed by atoms with E-state index < -0.39 is 10.0 Å². The van der Waals surface area contributed by atoms with Crippen molar-refractivity contribution in [3.63, 3.8) is 0 Å².